The largest absolute Gasteiger partial charge is 0.484 e. The van der Waals surface area contributed by atoms with Crippen LogP contribution in [0.4, 0.5) is 0 Å². The van der Waals surface area contributed by atoms with E-state index in [0.29, 0.717) is 35.8 Å². The summed E-state index contributed by atoms with van der Waals surface area (Å²) < 4.78 is 5.48. The zero-order valence-corrected chi connectivity index (χ0v) is 15.1. The summed E-state index contributed by atoms with van der Waals surface area (Å²) in [6.45, 7) is 0.653. The first-order valence-corrected chi connectivity index (χ1v) is 8.91. The van der Waals surface area contributed by atoms with Crippen LogP contribution in [0.5, 0.6) is 5.75 Å². The highest BCUT2D eigenvalue weighted by molar-refractivity contribution is 6.30. The van der Waals surface area contributed by atoms with Crippen LogP contribution in [0.3, 0.4) is 0 Å². The normalized spacial score (nSPS) is 18.8. The Bertz CT molecular complexity index is 880. The summed E-state index contributed by atoms with van der Waals surface area (Å²) in [7, 11) is 0. The SMILES string of the molecule is O=C(COc1ccc(Cl)cc1)N1CCC(N2C(=O)c3cccnc3C2=O)C1. The van der Waals surface area contributed by atoms with Gasteiger partial charge in [0.1, 0.15) is 11.4 Å². The van der Waals surface area contributed by atoms with Crippen LogP contribution in [0.1, 0.15) is 27.3 Å². The van der Waals surface area contributed by atoms with Crippen LogP contribution in [-0.2, 0) is 4.79 Å². The number of fused-ring (bicyclic) bond motifs is 1. The van der Waals surface area contributed by atoms with Crippen molar-refractivity contribution in [1.82, 2.24) is 14.8 Å². The number of aromatic nitrogens is 1. The molecule has 1 aromatic carbocycles. The molecule has 0 aliphatic carbocycles. The second-order valence-electron chi connectivity index (χ2n) is 6.40. The quantitative estimate of drug-likeness (QED) is 0.752. The molecule has 1 saturated heterocycles. The molecular formula is C19H16ClN3O4. The summed E-state index contributed by atoms with van der Waals surface area (Å²) >= 11 is 5.82. The molecule has 0 N–H and O–H groups in total. The van der Waals surface area contributed by atoms with Crippen LogP contribution in [0, 0.1) is 0 Å². The number of carbonyl (C=O) groups is 3. The highest BCUT2D eigenvalue weighted by atomic mass is 35.5. The minimum atomic E-state index is -0.396. The van der Waals surface area contributed by atoms with Crippen molar-refractivity contribution < 1.29 is 19.1 Å². The maximum absolute atomic E-state index is 12.5. The van der Waals surface area contributed by atoms with Crippen molar-refractivity contribution in [1.29, 1.82) is 0 Å². The fraction of sp³-hybridized carbons (Fsp3) is 0.263. The van der Waals surface area contributed by atoms with Gasteiger partial charge < -0.3 is 9.64 Å². The molecule has 2 aromatic rings. The highest BCUT2D eigenvalue weighted by Crippen LogP contribution is 2.27. The molecule has 2 aliphatic rings. The fourth-order valence-electron chi connectivity index (χ4n) is 3.36. The minimum Gasteiger partial charge on any atom is -0.484 e. The average Bonchev–Trinajstić information content (AvgIpc) is 3.25. The van der Waals surface area contributed by atoms with Crippen LogP contribution in [0.25, 0.3) is 0 Å². The van der Waals surface area contributed by atoms with Gasteiger partial charge in [-0.3, -0.25) is 24.3 Å². The minimum absolute atomic E-state index is 0.113. The van der Waals surface area contributed by atoms with Crippen molar-refractivity contribution in [3.8, 4) is 5.75 Å². The molecule has 4 rings (SSSR count). The summed E-state index contributed by atoms with van der Waals surface area (Å²) in [5, 5.41) is 0.589. The van der Waals surface area contributed by atoms with E-state index in [1.165, 1.54) is 11.1 Å². The molecular weight excluding hydrogens is 370 g/mol. The van der Waals surface area contributed by atoms with Crippen LogP contribution >= 0.6 is 11.6 Å². The number of amides is 3. The number of nitrogens with zero attached hydrogens (tertiary/aromatic N) is 3. The molecule has 0 radical (unpaired) electrons. The fourth-order valence-corrected chi connectivity index (χ4v) is 3.49. The van der Waals surface area contributed by atoms with Crippen molar-refractivity contribution in [2.75, 3.05) is 19.7 Å². The third-order valence-corrected chi connectivity index (χ3v) is 4.99. The Morgan fingerprint density at radius 2 is 1.96 bits per heavy atom. The smallest absolute Gasteiger partial charge is 0.280 e. The lowest BCUT2D eigenvalue weighted by molar-refractivity contribution is -0.132. The predicted molar refractivity (Wildman–Crippen MR) is 96.7 cm³/mol. The Balaban J connectivity index is 1.37. The molecule has 1 fully saturated rings. The Hall–Kier alpha value is -2.93. The molecule has 1 atom stereocenters. The van der Waals surface area contributed by atoms with E-state index in [-0.39, 0.29) is 30.2 Å². The average molecular weight is 386 g/mol. The lowest BCUT2D eigenvalue weighted by Gasteiger charge is -2.22. The number of ether oxygens (including phenoxy) is 1. The summed E-state index contributed by atoms with van der Waals surface area (Å²) in [6.07, 6.45) is 2.03. The number of rotatable bonds is 4. The monoisotopic (exact) mass is 385 g/mol. The molecule has 0 saturated carbocycles. The third-order valence-electron chi connectivity index (χ3n) is 4.74. The van der Waals surface area contributed by atoms with Gasteiger partial charge in [-0.15, -0.1) is 0 Å². The summed E-state index contributed by atoms with van der Waals surface area (Å²) in [5.41, 5.74) is 0.497. The molecule has 0 bridgehead atoms. The van der Waals surface area contributed by atoms with E-state index in [1.54, 1.807) is 41.3 Å². The van der Waals surface area contributed by atoms with Gasteiger partial charge in [-0.2, -0.15) is 0 Å². The highest BCUT2D eigenvalue weighted by Gasteiger charge is 2.43. The van der Waals surface area contributed by atoms with Gasteiger partial charge in [0, 0.05) is 24.3 Å². The van der Waals surface area contributed by atoms with Crippen LogP contribution in [0.15, 0.2) is 42.6 Å². The predicted octanol–water partition coefficient (Wildman–Crippen LogP) is 2.01. The van der Waals surface area contributed by atoms with Gasteiger partial charge in [0.25, 0.3) is 17.7 Å². The molecule has 27 heavy (non-hydrogen) atoms. The van der Waals surface area contributed by atoms with Crippen molar-refractivity contribution in [2.24, 2.45) is 0 Å². The number of benzene rings is 1. The van der Waals surface area contributed by atoms with E-state index in [4.69, 9.17) is 16.3 Å². The van der Waals surface area contributed by atoms with E-state index in [9.17, 15) is 14.4 Å². The van der Waals surface area contributed by atoms with Crippen molar-refractivity contribution >= 4 is 29.3 Å². The van der Waals surface area contributed by atoms with E-state index in [0.717, 1.165) is 0 Å². The first-order valence-electron chi connectivity index (χ1n) is 8.53. The zero-order valence-electron chi connectivity index (χ0n) is 14.3. The molecule has 7 nitrogen and oxygen atoms in total. The first kappa shape index (κ1) is 17.5. The Morgan fingerprint density at radius 1 is 1.19 bits per heavy atom. The lowest BCUT2D eigenvalue weighted by atomic mass is 10.2. The molecule has 3 heterocycles. The van der Waals surface area contributed by atoms with E-state index < -0.39 is 5.91 Å². The Labute approximate surface area is 160 Å². The molecule has 1 aromatic heterocycles. The third kappa shape index (κ3) is 3.26. The van der Waals surface area contributed by atoms with Crippen LogP contribution in [0.2, 0.25) is 5.02 Å². The first-order chi connectivity index (χ1) is 13.0. The van der Waals surface area contributed by atoms with Gasteiger partial charge in [-0.05, 0) is 42.8 Å². The van der Waals surface area contributed by atoms with Gasteiger partial charge in [-0.1, -0.05) is 11.6 Å². The van der Waals surface area contributed by atoms with Crippen LogP contribution < -0.4 is 4.74 Å². The number of hydrogen-bond donors (Lipinski definition) is 0. The molecule has 8 heteroatoms. The molecule has 0 spiro atoms. The van der Waals surface area contributed by atoms with Crippen molar-refractivity contribution in [3.63, 3.8) is 0 Å². The van der Waals surface area contributed by atoms with Crippen molar-refractivity contribution in [3.05, 3.63) is 58.9 Å². The number of halogens is 1. The zero-order chi connectivity index (χ0) is 19.0. The van der Waals surface area contributed by atoms with E-state index in [1.807, 2.05) is 0 Å². The summed E-state index contributed by atoms with van der Waals surface area (Å²) in [5.74, 6) is -0.385. The number of hydrogen-bond acceptors (Lipinski definition) is 5. The van der Waals surface area contributed by atoms with E-state index in [2.05, 4.69) is 4.98 Å². The standard InChI is InChI=1S/C19H16ClN3O4/c20-12-3-5-14(6-4-12)27-11-16(24)22-9-7-13(10-22)23-18(25)15-2-1-8-21-17(15)19(23)26/h1-6,8,13H,7,9-11H2. The maximum Gasteiger partial charge on any atom is 0.280 e. The lowest BCUT2D eigenvalue weighted by Crippen LogP contribution is -2.43. The number of carbonyl (C=O) groups excluding carboxylic acids is 3. The summed E-state index contributed by atoms with van der Waals surface area (Å²) in [4.78, 5) is 44.3. The van der Waals surface area contributed by atoms with Gasteiger partial charge in [0.15, 0.2) is 6.61 Å². The number of imide groups is 1. The Morgan fingerprint density at radius 3 is 2.70 bits per heavy atom. The second-order valence-corrected chi connectivity index (χ2v) is 6.84. The van der Waals surface area contributed by atoms with Gasteiger partial charge in [0.2, 0.25) is 0 Å². The summed E-state index contributed by atoms with van der Waals surface area (Å²) in [6, 6.07) is 9.63. The molecule has 1 unspecified atom stereocenters. The van der Waals surface area contributed by atoms with Gasteiger partial charge in [-0.25, -0.2) is 0 Å². The van der Waals surface area contributed by atoms with Gasteiger partial charge in [0.05, 0.1) is 11.6 Å². The molecule has 3 amide bonds. The van der Waals surface area contributed by atoms with Crippen LogP contribution in [-0.4, -0.2) is 58.2 Å². The maximum atomic E-state index is 12.5. The molecule has 2 aliphatic heterocycles. The van der Waals surface area contributed by atoms with Gasteiger partial charge >= 0.3 is 0 Å². The second kappa shape index (κ2) is 7.00. The topological polar surface area (TPSA) is 79.8 Å². The van der Waals surface area contributed by atoms with E-state index >= 15 is 0 Å². The molecule has 138 valence electrons. The number of pyridine rings is 1. The Kier molecular flexibility index (Phi) is 4.53. The number of likely N-dealkylation sites (tertiary alicyclic amines) is 1. The van der Waals surface area contributed by atoms with Crippen molar-refractivity contribution in [2.45, 2.75) is 12.5 Å².